The molecule has 148 valence electrons. The van der Waals surface area contributed by atoms with Crippen LogP contribution < -0.4 is 15.2 Å². The molecule has 0 radical (unpaired) electrons. The summed E-state index contributed by atoms with van der Waals surface area (Å²) in [6, 6.07) is 8.52. The molecule has 0 amide bonds. The van der Waals surface area contributed by atoms with Crippen molar-refractivity contribution >= 4 is 11.5 Å². The predicted octanol–water partition coefficient (Wildman–Crippen LogP) is 3.45. The lowest BCUT2D eigenvalue weighted by Gasteiger charge is -2.13. The molecular formula is C21H24N2O5. The Morgan fingerprint density at radius 3 is 2.57 bits per heavy atom. The number of ether oxygens (including phenoxy) is 2. The van der Waals surface area contributed by atoms with Crippen LogP contribution in [0.15, 0.2) is 54.1 Å². The van der Waals surface area contributed by atoms with Gasteiger partial charge < -0.3 is 25.4 Å². The molecule has 1 aromatic carbocycles. The largest absolute Gasteiger partial charge is 0.512 e. The Morgan fingerprint density at radius 2 is 1.96 bits per heavy atom. The van der Waals surface area contributed by atoms with E-state index >= 15 is 0 Å². The van der Waals surface area contributed by atoms with E-state index in [1.165, 1.54) is 7.11 Å². The number of aliphatic hydroxyl groups is 1. The number of carboxylic acids is 1. The lowest BCUT2D eigenvalue weighted by atomic mass is 10.0. The molecule has 0 fully saturated rings. The number of nitrogens with zero attached hydrogens (tertiary/aromatic N) is 1. The first-order valence-corrected chi connectivity index (χ1v) is 8.64. The van der Waals surface area contributed by atoms with E-state index in [2.05, 4.69) is 4.98 Å². The van der Waals surface area contributed by atoms with Gasteiger partial charge in [0.1, 0.15) is 17.3 Å². The van der Waals surface area contributed by atoms with E-state index in [9.17, 15) is 9.90 Å². The quantitative estimate of drug-likeness (QED) is 0.472. The van der Waals surface area contributed by atoms with E-state index in [-0.39, 0.29) is 18.7 Å². The van der Waals surface area contributed by atoms with Crippen molar-refractivity contribution in [3.8, 4) is 11.5 Å². The van der Waals surface area contributed by atoms with Crippen molar-refractivity contribution in [3.63, 3.8) is 0 Å². The number of benzene rings is 1. The molecule has 7 nitrogen and oxygen atoms in total. The Labute approximate surface area is 163 Å². The van der Waals surface area contributed by atoms with Crippen molar-refractivity contribution in [1.29, 1.82) is 0 Å². The fraction of sp³-hybridized carbons (Fsp3) is 0.238. The van der Waals surface area contributed by atoms with Gasteiger partial charge in [-0.25, -0.2) is 0 Å². The van der Waals surface area contributed by atoms with Gasteiger partial charge in [0.15, 0.2) is 0 Å². The Morgan fingerprint density at radius 1 is 1.21 bits per heavy atom. The number of rotatable bonds is 8. The number of pyridine rings is 1. The Bertz CT molecular complexity index is 915. The van der Waals surface area contributed by atoms with Crippen LogP contribution in [0.4, 0.5) is 0 Å². The van der Waals surface area contributed by atoms with Crippen molar-refractivity contribution in [2.24, 2.45) is 5.73 Å². The van der Waals surface area contributed by atoms with Crippen LogP contribution in [0.1, 0.15) is 30.7 Å². The number of aliphatic hydroxyl groups excluding tert-OH is 1. The minimum atomic E-state index is -0.963. The van der Waals surface area contributed by atoms with Crippen LogP contribution in [-0.4, -0.2) is 28.3 Å². The number of methoxy groups -OCH3 is 1. The van der Waals surface area contributed by atoms with E-state index in [1.807, 2.05) is 0 Å². The van der Waals surface area contributed by atoms with E-state index in [1.54, 1.807) is 56.5 Å². The third-order valence-electron chi connectivity index (χ3n) is 3.96. The fourth-order valence-electron chi connectivity index (χ4n) is 2.63. The second kappa shape index (κ2) is 9.57. The maximum atomic E-state index is 11.1. The first-order chi connectivity index (χ1) is 13.3. The smallest absolute Gasteiger partial charge is 0.307 e. The van der Waals surface area contributed by atoms with Gasteiger partial charge in [-0.2, -0.15) is 0 Å². The van der Waals surface area contributed by atoms with Gasteiger partial charge in [-0.1, -0.05) is 6.07 Å². The Balaban J connectivity index is 2.38. The number of carbonyl (C=O) groups is 1. The number of hydrogen-bond acceptors (Lipinski definition) is 6. The van der Waals surface area contributed by atoms with Crippen molar-refractivity contribution < 1.29 is 24.5 Å². The minimum absolute atomic E-state index is 0.105. The summed E-state index contributed by atoms with van der Waals surface area (Å²) in [5, 5.41) is 19.2. The fourth-order valence-corrected chi connectivity index (χ4v) is 2.63. The molecule has 0 aliphatic carbocycles. The lowest BCUT2D eigenvalue weighted by molar-refractivity contribution is -0.136. The number of allylic oxidation sites excluding steroid dienone is 4. The molecule has 0 bridgehead atoms. The molecular weight excluding hydrogens is 360 g/mol. The highest BCUT2D eigenvalue weighted by Gasteiger charge is 2.12. The van der Waals surface area contributed by atoms with E-state index in [4.69, 9.17) is 20.3 Å². The van der Waals surface area contributed by atoms with Crippen molar-refractivity contribution in [2.45, 2.75) is 26.8 Å². The number of hydrogen-bond donors (Lipinski definition) is 3. The maximum absolute atomic E-state index is 11.1. The highest BCUT2D eigenvalue weighted by Crippen LogP contribution is 2.28. The van der Waals surface area contributed by atoms with Gasteiger partial charge in [-0.15, -0.1) is 0 Å². The number of nitrogens with two attached hydrogens (primary N) is 1. The van der Waals surface area contributed by atoms with E-state index < -0.39 is 5.97 Å². The van der Waals surface area contributed by atoms with Gasteiger partial charge in [0.05, 0.1) is 25.0 Å². The Kier molecular flexibility index (Phi) is 7.17. The number of aliphatic carboxylic acids is 1. The van der Waals surface area contributed by atoms with E-state index in [0.717, 1.165) is 5.56 Å². The van der Waals surface area contributed by atoms with Gasteiger partial charge in [0.25, 0.3) is 0 Å². The molecule has 0 spiro atoms. The SMILES string of the molecule is COc1ccc(CC(=O)O)c(O/C(C)=C/C(=C(\C)O)c2ccnc(CN)c2)c1. The summed E-state index contributed by atoms with van der Waals surface area (Å²) in [5.74, 6) is 0.535. The van der Waals surface area contributed by atoms with Crippen LogP contribution >= 0.6 is 0 Å². The highest BCUT2D eigenvalue weighted by molar-refractivity contribution is 5.76. The van der Waals surface area contributed by atoms with Gasteiger partial charge in [0, 0.05) is 29.9 Å². The lowest BCUT2D eigenvalue weighted by Crippen LogP contribution is -2.04. The first-order valence-electron chi connectivity index (χ1n) is 8.64. The molecule has 0 aliphatic rings. The number of aromatic nitrogens is 1. The molecule has 28 heavy (non-hydrogen) atoms. The van der Waals surface area contributed by atoms with Crippen LogP contribution in [0.3, 0.4) is 0 Å². The molecule has 0 saturated heterocycles. The van der Waals surface area contributed by atoms with Crippen LogP contribution in [0.5, 0.6) is 11.5 Å². The molecule has 2 rings (SSSR count). The average Bonchev–Trinajstić information content (AvgIpc) is 2.66. The zero-order valence-electron chi connectivity index (χ0n) is 16.1. The molecule has 0 aliphatic heterocycles. The Hall–Kier alpha value is -3.32. The van der Waals surface area contributed by atoms with Crippen LogP contribution in [-0.2, 0) is 17.8 Å². The summed E-state index contributed by atoms with van der Waals surface area (Å²) in [6.07, 6.45) is 3.12. The molecule has 2 aromatic rings. The molecule has 7 heteroatoms. The second-order valence-electron chi connectivity index (χ2n) is 6.14. The maximum Gasteiger partial charge on any atom is 0.307 e. The monoisotopic (exact) mass is 384 g/mol. The summed E-state index contributed by atoms with van der Waals surface area (Å²) in [4.78, 5) is 15.3. The number of carboxylic acid groups (broad SMARTS) is 1. The van der Waals surface area contributed by atoms with Gasteiger partial charge >= 0.3 is 5.97 Å². The van der Waals surface area contributed by atoms with Gasteiger partial charge in [-0.3, -0.25) is 9.78 Å². The highest BCUT2D eigenvalue weighted by atomic mass is 16.5. The third kappa shape index (κ3) is 5.59. The topological polar surface area (TPSA) is 115 Å². The van der Waals surface area contributed by atoms with Crippen molar-refractivity contribution in [1.82, 2.24) is 4.98 Å². The summed E-state index contributed by atoms with van der Waals surface area (Å²) >= 11 is 0. The van der Waals surface area contributed by atoms with Crippen LogP contribution in [0.2, 0.25) is 0 Å². The zero-order valence-corrected chi connectivity index (χ0v) is 16.1. The molecule has 4 N–H and O–H groups in total. The van der Waals surface area contributed by atoms with Crippen LogP contribution in [0.25, 0.3) is 5.57 Å². The molecule has 0 atom stereocenters. The summed E-state index contributed by atoms with van der Waals surface area (Å²) in [6.45, 7) is 3.58. The summed E-state index contributed by atoms with van der Waals surface area (Å²) < 4.78 is 11.1. The van der Waals surface area contributed by atoms with Crippen molar-refractivity contribution in [3.05, 3.63) is 70.9 Å². The second-order valence-corrected chi connectivity index (χ2v) is 6.14. The molecule has 0 saturated carbocycles. The minimum Gasteiger partial charge on any atom is -0.512 e. The first kappa shape index (κ1) is 21.0. The predicted molar refractivity (Wildman–Crippen MR) is 106 cm³/mol. The molecule has 1 heterocycles. The van der Waals surface area contributed by atoms with Crippen molar-refractivity contribution in [2.75, 3.05) is 7.11 Å². The molecule has 0 unspecified atom stereocenters. The third-order valence-corrected chi connectivity index (χ3v) is 3.96. The average molecular weight is 384 g/mol. The summed E-state index contributed by atoms with van der Waals surface area (Å²) in [7, 11) is 1.52. The molecule has 1 aromatic heterocycles. The summed E-state index contributed by atoms with van der Waals surface area (Å²) in [5.41, 5.74) is 8.15. The standard InChI is InChI=1S/C21H24N2O5/c1-13(8-19(14(2)24)15-6-7-23-17(9-15)12-22)28-20-11-18(27-3)5-4-16(20)10-21(25)26/h4-9,11,24H,10,12,22H2,1-3H3,(H,25,26)/b13-8+,19-14-. The zero-order chi connectivity index (χ0) is 20.7. The van der Waals surface area contributed by atoms with Gasteiger partial charge in [-0.05, 0) is 43.7 Å². The van der Waals surface area contributed by atoms with Crippen LogP contribution in [0, 0.1) is 0 Å². The van der Waals surface area contributed by atoms with E-state index in [0.29, 0.717) is 34.1 Å². The normalized spacial score (nSPS) is 12.4. The van der Waals surface area contributed by atoms with Gasteiger partial charge in [0.2, 0.25) is 0 Å².